The van der Waals surface area contributed by atoms with E-state index in [-0.39, 0.29) is 11.7 Å². The summed E-state index contributed by atoms with van der Waals surface area (Å²) in [4.78, 5) is 12.4. The lowest BCUT2D eigenvalue weighted by Crippen LogP contribution is -2.20. The summed E-state index contributed by atoms with van der Waals surface area (Å²) in [6, 6.07) is 18.4. The van der Waals surface area contributed by atoms with Crippen molar-refractivity contribution in [2.45, 2.75) is 50.2 Å². The minimum absolute atomic E-state index is 0.191. The van der Waals surface area contributed by atoms with Crippen molar-refractivity contribution >= 4 is 41.6 Å². The molecule has 0 unspecified atom stereocenters. The first-order chi connectivity index (χ1) is 16.6. The summed E-state index contributed by atoms with van der Waals surface area (Å²) in [6.45, 7) is 2.07. The second-order valence-electron chi connectivity index (χ2n) is 8.36. The van der Waals surface area contributed by atoms with Gasteiger partial charge in [0.2, 0.25) is 0 Å². The van der Waals surface area contributed by atoms with Gasteiger partial charge in [-0.1, -0.05) is 103 Å². The van der Waals surface area contributed by atoms with Gasteiger partial charge in [-0.15, -0.1) is 10.2 Å². The van der Waals surface area contributed by atoms with E-state index in [1.165, 1.54) is 42.8 Å². The predicted molar refractivity (Wildman–Crippen MR) is 140 cm³/mol. The molecule has 0 radical (unpaired) electrons. The van der Waals surface area contributed by atoms with Crippen LogP contribution in [0.5, 0.6) is 0 Å². The van der Waals surface area contributed by atoms with Crippen molar-refractivity contribution < 1.29 is 4.79 Å². The van der Waals surface area contributed by atoms with Crippen molar-refractivity contribution in [3.05, 3.63) is 70.8 Å². The van der Waals surface area contributed by atoms with Crippen LogP contribution in [-0.4, -0.2) is 32.6 Å². The van der Waals surface area contributed by atoms with Crippen molar-refractivity contribution in [2.75, 3.05) is 5.75 Å². The molecule has 1 aromatic heterocycles. The van der Waals surface area contributed by atoms with Crippen LogP contribution in [0.2, 0.25) is 0 Å². The number of carbonyl (C=O) groups is 1. The number of thioether (sulfide) groups is 1. The number of hydrazone groups is 1. The molecule has 0 aliphatic heterocycles. The van der Waals surface area contributed by atoms with E-state index in [0.29, 0.717) is 11.1 Å². The van der Waals surface area contributed by atoms with E-state index in [4.69, 9.17) is 11.6 Å². The summed E-state index contributed by atoms with van der Waals surface area (Å²) in [5.74, 6) is 0.835. The molecule has 0 spiro atoms. The number of hydrogen-bond donors (Lipinski definition) is 1. The molecule has 176 valence electrons. The minimum Gasteiger partial charge on any atom is -0.299 e. The Bertz CT molecular complexity index is 1150. The number of nitrogens with one attached hydrogen (secondary N) is 1. The Balaban J connectivity index is 1.41. The molecular weight excluding hydrogens is 466 g/mol. The van der Waals surface area contributed by atoms with Crippen LogP contribution in [0.15, 0.2) is 69.9 Å². The van der Waals surface area contributed by atoms with Crippen molar-refractivity contribution in [3.63, 3.8) is 0 Å². The number of rotatable bonds is 8. The topological polar surface area (TPSA) is 72.2 Å². The summed E-state index contributed by atoms with van der Waals surface area (Å²) in [7, 11) is 0. The molecule has 1 N–H and O–H groups in total. The number of carbonyl (C=O) groups excluding carboxylic acids is 1. The summed E-state index contributed by atoms with van der Waals surface area (Å²) in [5, 5.41) is 14.1. The molecule has 1 saturated carbocycles. The third kappa shape index (κ3) is 6.58. The highest BCUT2D eigenvalue weighted by atomic mass is 35.5. The number of halogens is 1. The summed E-state index contributed by atoms with van der Waals surface area (Å²) < 4.78 is 2.23. The Labute approximate surface area is 209 Å². The molecule has 1 aliphatic carbocycles. The van der Waals surface area contributed by atoms with Crippen LogP contribution < -0.4 is 5.43 Å². The molecule has 6 nitrogen and oxygen atoms in total. The van der Waals surface area contributed by atoms with E-state index >= 15 is 0 Å². The standard InChI is InChI=1S/C26H28ClN5OS/c1-19-12-14-21(15-13-19)25-30-31-26(32(25)23-10-6-3-7-11-23)34-18-24(33)29-28-17-22(27)16-20-8-4-2-5-9-20/h2,4-5,8-9,12-17,23H,3,6-7,10-11,18H2,1H3,(H,29,33)/b22-16-,28-17-. The molecule has 0 saturated heterocycles. The highest BCUT2D eigenvalue weighted by molar-refractivity contribution is 7.99. The zero-order chi connectivity index (χ0) is 23.8. The second kappa shape index (κ2) is 12.0. The molecule has 1 fully saturated rings. The maximum Gasteiger partial charge on any atom is 0.250 e. The third-order valence-corrected chi connectivity index (χ3v) is 6.88. The Morgan fingerprint density at radius 2 is 1.85 bits per heavy atom. The van der Waals surface area contributed by atoms with Crippen molar-refractivity contribution in [1.82, 2.24) is 20.2 Å². The van der Waals surface area contributed by atoms with Gasteiger partial charge in [-0.2, -0.15) is 5.10 Å². The zero-order valence-electron chi connectivity index (χ0n) is 19.2. The Morgan fingerprint density at radius 1 is 1.12 bits per heavy atom. The van der Waals surface area contributed by atoms with Gasteiger partial charge in [-0.25, -0.2) is 5.43 Å². The first-order valence-corrected chi connectivity index (χ1v) is 12.9. The van der Waals surface area contributed by atoms with Crippen LogP contribution in [0.4, 0.5) is 0 Å². The smallest absolute Gasteiger partial charge is 0.250 e. The van der Waals surface area contributed by atoms with Gasteiger partial charge < -0.3 is 0 Å². The summed E-state index contributed by atoms with van der Waals surface area (Å²) >= 11 is 7.57. The highest BCUT2D eigenvalue weighted by Gasteiger charge is 2.24. The lowest BCUT2D eigenvalue weighted by atomic mass is 9.95. The molecule has 1 aliphatic rings. The number of nitrogens with zero attached hydrogens (tertiary/aromatic N) is 4. The van der Waals surface area contributed by atoms with E-state index < -0.39 is 0 Å². The predicted octanol–water partition coefficient (Wildman–Crippen LogP) is 6.23. The van der Waals surface area contributed by atoms with E-state index in [9.17, 15) is 4.79 Å². The number of aryl methyl sites for hydroxylation is 1. The fourth-order valence-electron chi connectivity index (χ4n) is 4.02. The third-order valence-electron chi connectivity index (χ3n) is 5.73. The first kappa shape index (κ1) is 24.2. The van der Waals surface area contributed by atoms with Crippen LogP contribution in [0.1, 0.15) is 49.3 Å². The number of hydrogen-bond acceptors (Lipinski definition) is 5. The van der Waals surface area contributed by atoms with Crippen LogP contribution in [0, 0.1) is 6.92 Å². The first-order valence-electron chi connectivity index (χ1n) is 11.5. The van der Waals surface area contributed by atoms with Gasteiger partial charge in [0.15, 0.2) is 11.0 Å². The Morgan fingerprint density at radius 3 is 2.59 bits per heavy atom. The Kier molecular flexibility index (Phi) is 8.55. The Hall–Kier alpha value is -2.90. The van der Waals surface area contributed by atoms with Gasteiger partial charge in [0.05, 0.1) is 17.0 Å². The number of allylic oxidation sites excluding steroid dienone is 1. The molecule has 1 heterocycles. The largest absolute Gasteiger partial charge is 0.299 e. The van der Waals surface area contributed by atoms with E-state index in [1.54, 1.807) is 6.08 Å². The summed E-state index contributed by atoms with van der Waals surface area (Å²) in [5.41, 5.74) is 5.76. The van der Waals surface area contributed by atoms with Crippen molar-refractivity contribution in [1.29, 1.82) is 0 Å². The van der Waals surface area contributed by atoms with Crippen LogP contribution in [0.25, 0.3) is 17.5 Å². The normalized spacial score (nSPS) is 15.1. The molecule has 1 amide bonds. The van der Waals surface area contributed by atoms with Gasteiger partial charge in [0.1, 0.15) is 0 Å². The maximum atomic E-state index is 12.4. The number of amides is 1. The fourth-order valence-corrected chi connectivity index (χ4v) is 4.99. The lowest BCUT2D eigenvalue weighted by Gasteiger charge is -2.25. The molecule has 8 heteroatoms. The van der Waals surface area contributed by atoms with Crippen LogP contribution >= 0.6 is 23.4 Å². The average molecular weight is 494 g/mol. The maximum absolute atomic E-state index is 12.4. The number of benzene rings is 2. The van der Waals surface area contributed by atoms with Gasteiger partial charge >= 0.3 is 0 Å². The molecule has 4 rings (SSSR count). The van der Waals surface area contributed by atoms with Gasteiger partial charge in [-0.3, -0.25) is 9.36 Å². The van der Waals surface area contributed by atoms with E-state index in [0.717, 1.165) is 34.9 Å². The minimum atomic E-state index is -0.222. The van der Waals surface area contributed by atoms with Crippen molar-refractivity contribution in [2.24, 2.45) is 5.10 Å². The van der Waals surface area contributed by atoms with Crippen molar-refractivity contribution in [3.8, 4) is 11.4 Å². The van der Waals surface area contributed by atoms with Gasteiger partial charge in [0, 0.05) is 11.6 Å². The van der Waals surface area contributed by atoms with Crippen LogP contribution in [-0.2, 0) is 4.79 Å². The molecule has 2 aromatic carbocycles. The average Bonchev–Trinajstić information content (AvgIpc) is 3.28. The molecular formula is C26H28ClN5OS. The highest BCUT2D eigenvalue weighted by Crippen LogP contribution is 2.35. The molecule has 34 heavy (non-hydrogen) atoms. The SMILES string of the molecule is Cc1ccc(-c2nnc(SCC(=O)N/N=C\C(Cl)=C\c3ccccc3)n2C2CCCCC2)cc1. The molecule has 0 bridgehead atoms. The lowest BCUT2D eigenvalue weighted by molar-refractivity contribution is -0.118. The van der Waals surface area contributed by atoms with Crippen LogP contribution in [0.3, 0.4) is 0 Å². The number of aromatic nitrogens is 3. The fraction of sp³-hybridized carbons (Fsp3) is 0.308. The monoisotopic (exact) mass is 493 g/mol. The quantitative estimate of drug-likeness (QED) is 0.229. The van der Waals surface area contributed by atoms with Gasteiger partial charge in [0.25, 0.3) is 5.91 Å². The zero-order valence-corrected chi connectivity index (χ0v) is 20.7. The summed E-state index contributed by atoms with van der Waals surface area (Å²) in [6.07, 6.45) is 9.09. The molecule has 3 aromatic rings. The van der Waals surface area contributed by atoms with E-state index in [1.807, 2.05) is 30.3 Å². The van der Waals surface area contributed by atoms with Gasteiger partial charge in [-0.05, 0) is 31.4 Å². The second-order valence-corrected chi connectivity index (χ2v) is 9.73. The van der Waals surface area contributed by atoms with E-state index in [2.05, 4.69) is 56.5 Å². The molecule has 0 atom stereocenters.